The van der Waals surface area contributed by atoms with Crippen molar-refractivity contribution < 1.29 is 4.92 Å². The minimum Gasteiger partial charge on any atom is -0.366 e. The van der Waals surface area contributed by atoms with E-state index in [1.54, 1.807) is 6.92 Å². The first-order chi connectivity index (χ1) is 9.40. The average molecular weight is 342 g/mol. The molecular formula is C14H20BrN3O2. The van der Waals surface area contributed by atoms with Crippen molar-refractivity contribution >= 4 is 27.4 Å². The third-order valence-corrected chi connectivity index (χ3v) is 5.34. The molecule has 0 amide bonds. The van der Waals surface area contributed by atoms with Crippen molar-refractivity contribution in [1.29, 1.82) is 0 Å². The van der Waals surface area contributed by atoms with Gasteiger partial charge in [0.15, 0.2) is 0 Å². The Morgan fingerprint density at radius 1 is 1.40 bits per heavy atom. The molecule has 0 radical (unpaired) electrons. The number of anilines is 1. The largest absolute Gasteiger partial charge is 0.366 e. The highest BCUT2D eigenvalue weighted by atomic mass is 79.9. The van der Waals surface area contributed by atoms with Crippen LogP contribution in [0.3, 0.4) is 0 Å². The third-order valence-electron chi connectivity index (χ3n) is 4.37. The number of nitrogens with one attached hydrogen (secondary N) is 1. The molecule has 0 aliphatic heterocycles. The van der Waals surface area contributed by atoms with E-state index in [0.717, 1.165) is 18.8 Å². The van der Waals surface area contributed by atoms with E-state index < -0.39 is 4.92 Å². The highest BCUT2D eigenvalue weighted by Crippen LogP contribution is 2.34. The molecule has 20 heavy (non-hydrogen) atoms. The molecular weight excluding hydrogens is 322 g/mol. The Hall–Kier alpha value is -1.17. The molecule has 1 fully saturated rings. The molecule has 1 aliphatic rings. The van der Waals surface area contributed by atoms with Crippen LogP contribution < -0.4 is 5.32 Å². The Kier molecular flexibility index (Phi) is 4.62. The average Bonchev–Trinajstić information content (AvgIpc) is 2.39. The van der Waals surface area contributed by atoms with Gasteiger partial charge in [0, 0.05) is 11.6 Å². The van der Waals surface area contributed by atoms with E-state index in [4.69, 9.17) is 0 Å². The van der Waals surface area contributed by atoms with E-state index in [1.807, 2.05) is 0 Å². The molecule has 3 unspecified atom stereocenters. The number of halogens is 1. The molecule has 0 spiro atoms. The second-order valence-corrected chi connectivity index (χ2v) is 6.59. The first kappa shape index (κ1) is 15.2. The van der Waals surface area contributed by atoms with Gasteiger partial charge in [0.05, 0.1) is 9.40 Å². The molecule has 0 aromatic carbocycles. The second-order valence-electron chi connectivity index (χ2n) is 5.80. The zero-order valence-corrected chi connectivity index (χ0v) is 13.6. The maximum absolute atomic E-state index is 10.9. The van der Waals surface area contributed by atoms with Gasteiger partial charge in [0.25, 0.3) is 5.69 Å². The van der Waals surface area contributed by atoms with Crippen LogP contribution >= 0.6 is 15.9 Å². The number of hydrogen-bond donors (Lipinski definition) is 1. The van der Waals surface area contributed by atoms with Gasteiger partial charge in [-0.1, -0.05) is 13.8 Å². The maximum Gasteiger partial charge on any atom is 0.291 e. The van der Waals surface area contributed by atoms with Crippen LogP contribution in [0.5, 0.6) is 0 Å². The van der Waals surface area contributed by atoms with Crippen molar-refractivity contribution in [2.45, 2.75) is 46.1 Å². The molecule has 0 bridgehead atoms. The smallest absolute Gasteiger partial charge is 0.291 e. The SMILES string of the molecule is Cc1c([N+](=O)[O-])cnc(NC2CCC(C)C(C)C2)c1Br. The quantitative estimate of drug-likeness (QED) is 0.657. The number of rotatable bonds is 3. The molecule has 1 aromatic rings. The van der Waals surface area contributed by atoms with Crippen LogP contribution in [0.1, 0.15) is 38.7 Å². The first-order valence-electron chi connectivity index (χ1n) is 6.96. The molecule has 3 atom stereocenters. The van der Waals surface area contributed by atoms with E-state index in [1.165, 1.54) is 12.6 Å². The van der Waals surface area contributed by atoms with Gasteiger partial charge in [0.1, 0.15) is 12.0 Å². The molecule has 1 saturated carbocycles. The Morgan fingerprint density at radius 2 is 2.10 bits per heavy atom. The molecule has 1 N–H and O–H groups in total. The van der Waals surface area contributed by atoms with Crippen LogP contribution in [0.15, 0.2) is 10.7 Å². The van der Waals surface area contributed by atoms with E-state index in [0.29, 0.717) is 27.8 Å². The summed E-state index contributed by atoms with van der Waals surface area (Å²) in [6.07, 6.45) is 4.78. The van der Waals surface area contributed by atoms with Crippen LogP contribution in [0, 0.1) is 28.9 Å². The summed E-state index contributed by atoms with van der Waals surface area (Å²) in [6, 6.07) is 0.394. The van der Waals surface area contributed by atoms with Gasteiger partial charge in [0.2, 0.25) is 0 Å². The summed E-state index contributed by atoms with van der Waals surface area (Å²) in [6.45, 7) is 6.31. The van der Waals surface area contributed by atoms with Crippen molar-refractivity contribution in [1.82, 2.24) is 4.98 Å². The highest BCUT2D eigenvalue weighted by Gasteiger charge is 2.26. The van der Waals surface area contributed by atoms with Crippen molar-refractivity contribution in [2.24, 2.45) is 11.8 Å². The van der Waals surface area contributed by atoms with Crippen LogP contribution in [-0.4, -0.2) is 15.9 Å². The van der Waals surface area contributed by atoms with Crippen molar-refractivity contribution in [2.75, 3.05) is 5.32 Å². The molecule has 1 aliphatic carbocycles. The van der Waals surface area contributed by atoms with Crippen LogP contribution in [0.4, 0.5) is 11.5 Å². The summed E-state index contributed by atoms with van der Waals surface area (Å²) in [5.41, 5.74) is 0.665. The molecule has 110 valence electrons. The fourth-order valence-electron chi connectivity index (χ4n) is 2.73. The summed E-state index contributed by atoms with van der Waals surface area (Å²) in [4.78, 5) is 14.7. The minimum absolute atomic E-state index is 0.0491. The molecule has 1 heterocycles. The fourth-order valence-corrected chi connectivity index (χ4v) is 3.15. The van der Waals surface area contributed by atoms with Crippen molar-refractivity contribution in [3.05, 3.63) is 26.3 Å². The van der Waals surface area contributed by atoms with Crippen LogP contribution in [0.25, 0.3) is 0 Å². The zero-order chi connectivity index (χ0) is 14.9. The third kappa shape index (κ3) is 3.11. The van der Waals surface area contributed by atoms with Gasteiger partial charge in [-0.25, -0.2) is 4.98 Å². The summed E-state index contributed by atoms with van der Waals surface area (Å²) in [7, 11) is 0. The fraction of sp³-hybridized carbons (Fsp3) is 0.643. The predicted molar refractivity (Wildman–Crippen MR) is 82.9 cm³/mol. The lowest BCUT2D eigenvalue weighted by atomic mass is 9.79. The first-order valence-corrected chi connectivity index (χ1v) is 7.75. The summed E-state index contributed by atoms with van der Waals surface area (Å²) >= 11 is 3.42. The van der Waals surface area contributed by atoms with E-state index in [9.17, 15) is 10.1 Å². The van der Waals surface area contributed by atoms with E-state index in [-0.39, 0.29) is 5.69 Å². The monoisotopic (exact) mass is 341 g/mol. The summed E-state index contributed by atoms with van der Waals surface area (Å²) in [5.74, 6) is 2.17. The number of pyridine rings is 1. The van der Waals surface area contributed by atoms with Crippen LogP contribution in [0.2, 0.25) is 0 Å². The topological polar surface area (TPSA) is 68.1 Å². The Bertz CT molecular complexity index is 521. The standard InChI is InChI=1S/C14H20BrN3O2/c1-8-4-5-11(6-9(8)2)17-14-13(15)10(3)12(7-16-14)18(19)20/h7-9,11H,4-6H2,1-3H3,(H,16,17). The number of hydrogen-bond acceptors (Lipinski definition) is 4. The second kappa shape index (κ2) is 6.08. The molecule has 5 nitrogen and oxygen atoms in total. The van der Waals surface area contributed by atoms with Crippen molar-refractivity contribution in [3.8, 4) is 0 Å². The number of nitrogens with zero attached hydrogens (tertiary/aromatic N) is 2. The van der Waals surface area contributed by atoms with Crippen LogP contribution in [-0.2, 0) is 0 Å². The lowest BCUT2D eigenvalue weighted by Crippen LogP contribution is -2.30. The normalized spacial score (nSPS) is 26.3. The number of nitro groups is 1. The van der Waals surface area contributed by atoms with Gasteiger partial charge in [-0.15, -0.1) is 0 Å². The zero-order valence-electron chi connectivity index (χ0n) is 12.0. The lowest BCUT2D eigenvalue weighted by Gasteiger charge is -2.33. The Balaban J connectivity index is 2.14. The van der Waals surface area contributed by atoms with Gasteiger partial charge < -0.3 is 5.32 Å². The van der Waals surface area contributed by atoms with E-state index in [2.05, 4.69) is 40.1 Å². The Labute approximate surface area is 127 Å². The maximum atomic E-state index is 10.9. The van der Waals surface area contributed by atoms with Gasteiger partial charge in [-0.2, -0.15) is 0 Å². The summed E-state index contributed by atoms with van der Waals surface area (Å²) in [5, 5.41) is 14.3. The van der Waals surface area contributed by atoms with E-state index >= 15 is 0 Å². The predicted octanol–water partition coefficient (Wildman–Crippen LogP) is 4.30. The molecule has 6 heteroatoms. The molecule has 2 rings (SSSR count). The van der Waals surface area contributed by atoms with Gasteiger partial charge in [-0.05, 0) is 54.0 Å². The Morgan fingerprint density at radius 3 is 2.70 bits per heavy atom. The number of aromatic nitrogens is 1. The van der Waals surface area contributed by atoms with Gasteiger partial charge >= 0.3 is 0 Å². The summed E-state index contributed by atoms with van der Waals surface area (Å²) < 4.78 is 0.693. The molecule has 0 saturated heterocycles. The lowest BCUT2D eigenvalue weighted by molar-refractivity contribution is -0.385. The minimum atomic E-state index is -0.402. The van der Waals surface area contributed by atoms with Crippen molar-refractivity contribution in [3.63, 3.8) is 0 Å². The highest BCUT2D eigenvalue weighted by molar-refractivity contribution is 9.10. The van der Waals surface area contributed by atoms with Gasteiger partial charge in [-0.3, -0.25) is 10.1 Å². The molecule has 1 aromatic heterocycles.